The molecule has 9 heteroatoms. The van der Waals surface area contributed by atoms with Crippen molar-refractivity contribution >= 4 is 50.5 Å². The molecule has 0 aromatic heterocycles. The molecule has 0 saturated heterocycles. The van der Waals surface area contributed by atoms with E-state index in [-0.39, 0.29) is 26.7 Å². The zero-order chi connectivity index (χ0) is 24.2. The Labute approximate surface area is 204 Å². The Hall–Kier alpha value is -2.74. The number of nitrogens with zero attached hydrogens (tertiary/aromatic N) is 1. The van der Waals surface area contributed by atoms with Crippen LogP contribution in [-0.4, -0.2) is 27.0 Å². The van der Waals surface area contributed by atoms with Crippen molar-refractivity contribution in [3.8, 4) is 5.75 Å². The molecule has 3 rings (SSSR count). The van der Waals surface area contributed by atoms with E-state index in [0.717, 1.165) is 9.87 Å². The first kappa shape index (κ1) is 24.9. The molecule has 0 aliphatic rings. The highest BCUT2D eigenvalue weighted by atomic mass is 35.5. The van der Waals surface area contributed by atoms with Crippen LogP contribution in [0.25, 0.3) is 0 Å². The molecule has 0 aliphatic heterocycles. The highest BCUT2D eigenvalue weighted by Gasteiger charge is 2.28. The molecule has 0 spiro atoms. The fourth-order valence-corrected chi connectivity index (χ4v) is 4.97. The Morgan fingerprint density at radius 3 is 2.09 bits per heavy atom. The number of rotatable bonds is 8. The largest absolute Gasteiger partial charge is 0.491 e. The van der Waals surface area contributed by atoms with Crippen LogP contribution in [0.2, 0.25) is 10.0 Å². The van der Waals surface area contributed by atoms with Crippen LogP contribution in [0, 0.1) is 6.92 Å². The number of nitrogens with one attached hydrogen (secondary N) is 1. The maximum absolute atomic E-state index is 13.4. The molecule has 0 heterocycles. The number of benzene rings is 3. The number of ether oxygens (including phenoxy) is 1. The van der Waals surface area contributed by atoms with Crippen molar-refractivity contribution in [2.24, 2.45) is 0 Å². The Balaban J connectivity index is 1.89. The molecule has 0 unspecified atom stereocenters. The molecule has 6 nitrogen and oxygen atoms in total. The molecule has 1 N–H and O–H groups in total. The molecule has 3 aromatic carbocycles. The van der Waals surface area contributed by atoms with Crippen LogP contribution in [0.1, 0.15) is 19.4 Å². The monoisotopic (exact) mass is 506 g/mol. The lowest BCUT2D eigenvalue weighted by Crippen LogP contribution is -2.38. The number of amides is 1. The van der Waals surface area contributed by atoms with Gasteiger partial charge in [-0.2, -0.15) is 0 Å². The van der Waals surface area contributed by atoms with E-state index in [1.54, 1.807) is 36.4 Å². The zero-order valence-electron chi connectivity index (χ0n) is 18.4. The zero-order valence-corrected chi connectivity index (χ0v) is 20.7. The molecule has 3 aromatic rings. The van der Waals surface area contributed by atoms with Gasteiger partial charge in [0, 0.05) is 15.7 Å². The first-order chi connectivity index (χ1) is 15.5. The Kier molecular flexibility index (Phi) is 7.89. The summed E-state index contributed by atoms with van der Waals surface area (Å²) in [7, 11) is -4.08. The van der Waals surface area contributed by atoms with Gasteiger partial charge in [-0.15, -0.1) is 0 Å². The SMILES string of the molecule is Cc1ccc(S(=O)(=O)N(CC(=O)Nc2ccc(OC(C)C)cc2)c2cc(Cl)cc(Cl)c2)cc1. The summed E-state index contributed by atoms with van der Waals surface area (Å²) >= 11 is 12.2. The van der Waals surface area contributed by atoms with Gasteiger partial charge in [-0.1, -0.05) is 40.9 Å². The summed E-state index contributed by atoms with van der Waals surface area (Å²) in [5.74, 6) is 0.138. The second-order valence-corrected chi connectivity index (χ2v) is 10.4. The summed E-state index contributed by atoms with van der Waals surface area (Å²) in [5, 5.41) is 3.22. The van der Waals surface area contributed by atoms with Crippen molar-refractivity contribution in [2.45, 2.75) is 31.8 Å². The lowest BCUT2D eigenvalue weighted by atomic mass is 10.2. The summed E-state index contributed by atoms with van der Waals surface area (Å²) in [4.78, 5) is 12.9. The number of sulfonamides is 1. The van der Waals surface area contributed by atoms with Gasteiger partial charge in [-0.05, 0) is 75.4 Å². The lowest BCUT2D eigenvalue weighted by Gasteiger charge is -2.24. The number of aryl methyl sites for hydroxylation is 1. The predicted octanol–water partition coefficient (Wildman–Crippen LogP) is 5.92. The molecule has 174 valence electrons. The molecule has 1 amide bonds. The minimum atomic E-state index is -4.08. The normalized spacial score (nSPS) is 11.3. The number of halogens is 2. The molecule has 33 heavy (non-hydrogen) atoms. The summed E-state index contributed by atoms with van der Waals surface area (Å²) in [6, 6.07) is 17.6. The third kappa shape index (κ3) is 6.63. The van der Waals surface area contributed by atoms with Gasteiger partial charge < -0.3 is 10.1 Å². The van der Waals surface area contributed by atoms with E-state index in [0.29, 0.717) is 11.4 Å². The quantitative estimate of drug-likeness (QED) is 0.411. The van der Waals surface area contributed by atoms with Gasteiger partial charge in [-0.25, -0.2) is 8.42 Å². The maximum Gasteiger partial charge on any atom is 0.264 e. The fourth-order valence-electron chi connectivity index (χ4n) is 3.06. The van der Waals surface area contributed by atoms with Crippen molar-refractivity contribution < 1.29 is 17.9 Å². The van der Waals surface area contributed by atoms with Crippen molar-refractivity contribution in [3.63, 3.8) is 0 Å². The topological polar surface area (TPSA) is 75.7 Å². The summed E-state index contributed by atoms with van der Waals surface area (Å²) in [6.07, 6.45) is 0.0236. The second-order valence-electron chi connectivity index (χ2n) is 7.69. The van der Waals surface area contributed by atoms with Crippen molar-refractivity contribution in [1.82, 2.24) is 0 Å². The van der Waals surface area contributed by atoms with E-state index in [2.05, 4.69) is 5.32 Å². The number of carbonyl (C=O) groups excluding carboxylic acids is 1. The Morgan fingerprint density at radius 2 is 1.55 bits per heavy atom. The van der Waals surface area contributed by atoms with Gasteiger partial charge in [-0.3, -0.25) is 9.10 Å². The summed E-state index contributed by atoms with van der Waals surface area (Å²) in [6.45, 7) is 5.22. The van der Waals surface area contributed by atoms with Gasteiger partial charge in [0.25, 0.3) is 10.0 Å². The number of anilines is 2. The van der Waals surface area contributed by atoms with Gasteiger partial charge >= 0.3 is 0 Å². The van der Waals surface area contributed by atoms with Crippen LogP contribution in [0.4, 0.5) is 11.4 Å². The average molecular weight is 507 g/mol. The second kappa shape index (κ2) is 10.5. The van der Waals surface area contributed by atoms with Gasteiger partial charge in [0.15, 0.2) is 0 Å². The smallest absolute Gasteiger partial charge is 0.264 e. The maximum atomic E-state index is 13.4. The molecule has 0 aliphatic carbocycles. The molecule has 0 saturated carbocycles. The van der Waals surface area contributed by atoms with Gasteiger partial charge in [0.2, 0.25) is 5.91 Å². The standard InChI is InChI=1S/C24H24Cl2N2O4S/c1-16(2)32-22-8-6-20(7-9-22)27-24(29)15-28(21-13-18(25)12-19(26)14-21)33(30,31)23-10-4-17(3)5-11-23/h4-14,16H,15H2,1-3H3,(H,27,29). The number of hydrogen-bond donors (Lipinski definition) is 1. The lowest BCUT2D eigenvalue weighted by molar-refractivity contribution is -0.114. The van der Waals surface area contributed by atoms with Crippen LogP contribution < -0.4 is 14.4 Å². The first-order valence-electron chi connectivity index (χ1n) is 10.2. The summed E-state index contributed by atoms with van der Waals surface area (Å²) in [5.41, 5.74) is 1.60. The van der Waals surface area contributed by atoms with Crippen LogP contribution in [-0.2, 0) is 14.8 Å². The Morgan fingerprint density at radius 1 is 0.970 bits per heavy atom. The predicted molar refractivity (Wildman–Crippen MR) is 133 cm³/mol. The van der Waals surface area contributed by atoms with Crippen molar-refractivity contribution in [2.75, 3.05) is 16.2 Å². The Bertz CT molecular complexity index is 1210. The number of carbonyl (C=O) groups is 1. The van der Waals surface area contributed by atoms with E-state index in [4.69, 9.17) is 27.9 Å². The fraction of sp³-hybridized carbons (Fsp3) is 0.208. The van der Waals surface area contributed by atoms with E-state index >= 15 is 0 Å². The van der Waals surface area contributed by atoms with Crippen LogP contribution in [0.5, 0.6) is 5.75 Å². The van der Waals surface area contributed by atoms with Crippen molar-refractivity contribution in [3.05, 3.63) is 82.3 Å². The third-order valence-electron chi connectivity index (χ3n) is 4.54. The van der Waals surface area contributed by atoms with Crippen LogP contribution in [0.15, 0.2) is 71.6 Å². The van der Waals surface area contributed by atoms with Gasteiger partial charge in [0.05, 0.1) is 16.7 Å². The molecular formula is C24H24Cl2N2O4S. The van der Waals surface area contributed by atoms with E-state index < -0.39 is 22.5 Å². The van der Waals surface area contributed by atoms with Gasteiger partial charge in [0.1, 0.15) is 12.3 Å². The van der Waals surface area contributed by atoms with E-state index in [9.17, 15) is 13.2 Å². The van der Waals surface area contributed by atoms with Crippen molar-refractivity contribution in [1.29, 1.82) is 0 Å². The molecule has 0 bridgehead atoms. The van der Waals surface area contributed by atoms with E-state index in [1.807, 2.05) is 20.8 Å². The third-order valence-corrected chi connectivity index (χ3v) is 6.77. The highest BCUT2D eigenvalue weighted by Crippen LogP contribution is 2.30. The van der Waals surface area contributed by atoms with Crippen LogP contribution in [0.3, 0.4) is 0 Å². The molecule has 0 atom stereocenters. The highest BCUT2D eigenvalue weighted by molar-refractivity contribution is 7.92. The minimum absolute atomic E-state index is 0.0236. The molecular weight excluding hydrogens is 483 g/mol. The minimum Gasteiger partial charge on any atom is -0.491 e. The molecule has 0 radical (unpaired) electrons. The van der Waals surface area contributed by atoms with Crippen LogP contribution >= 0.6 is 23.2 Å². The first-order valence-corrected chi connectivity index (χ1v) is 12.4. The van der Waals surface area contributed by atoms with E-state index in [1.165, 1.54) is 30.3 Å². The average Bonchev–Trinajstić information content (AvgIpc) is 2.72. The molecule has 0 fully saturated rings. The number of hydrogen-bond acceptors (Lipinski definition) is 4. The summed E-state index contributed by atoms with van der Waals surface area (Å²) < 4.78 is 33.5.